The van der Waals surface area contributed by atoms with E-state index in [-0.39, 0.29) is 5.78 Å². The van der Waals surface area contributed by atoms with E-state index in [2.05, 4.69) is 31.3 Å². The second-order valence-corrected chi connectivity index (χ2v) is 8.23. The molecule has 1 aliphatic rings. The van der Waals surface area contributed by atoms with Crippen molar-refractivity contribution in [3.8, 4) is 22.6 Å². The highest BCUT2D eigenvalue weighted by molar-refractivity contribution is 6.34. The van der Waals surface area contributed by atoms with Gasteiger partial charge in [0.25, 0.3) is 0 Å². The third kappa shape index (κ3) is 4.24. The van der Waals surface area contributed by atoms with Gasteiger partial charge in [0.1, 0.15) is 11.5 Å². The number of Topliss-reactive ketones (excluding diaryl/α,β-unsaturated/α-hetero) is 1. The molecule has 0 fully saturated rings. The van der Waals surface area contributed by atoms with Crippen LogP contribution in [0.25, 0.3) is 11.1 Å². The smallest absolute Gasteiger partial charge is 0.210 e. The fourth-order valence-electron chi connectivity index (χ4n) is 3.64. The summed E-state index contributed by atoms with van der Waals surface area (Å²) in [5, 5.41) is 13.9. The first-order valence-corrected chi connectivity index (χ1v) is 10.5. The molecule has 2 N–H and O–H groups in total. The van der Waals surface area contributed by atoms with Gasteiger partial charge in [0.15, 0.2) is 6.23 Å². The molecule has 0 aromatic heterocycles. The summed E-state index contributed by atoms with van der Waals surface area (Å²) in [5.74, 6) is 1.14. The lowest BCUT2D eigenvalue weighted by molar-refractivity contribution is 0.0399. The van der Waals surface area contributed by atoms with Gasteiger partial charge in [-0.15, -0.1) is 0 Å². The van der Waals surface area contributed by atoms with Gasteiger partial charge in [-0.1, -0.05) is 55.8 Å². The number of ketones is 1. The van der Waals surface area contributed by atoms with Crippen LogP contribution in [0.5, 0.6) is 11.5 Å². The number of hydrogen-bond acceptors (Lipinski definition) is 5. The van der Waals surface area contributed by atoms with Crippen molar-refractivity contribution in [3.05, 3.63) is 76.8 Å². The number of fused-ring (bicyclic) bond motifs is 1. The Morgan fingerprint density at radius 1 is 1.00 bits per heavy atom. The molecule has 1 heterocycles. The first kappa shape index (κ1) is 21.2. The number of anilines is 1. The quantitative estimate of drug-likeness (QED) is 0.550. The van der Waals surface area contributed by atoms with Crippen molar-refractivity contribution in [2.75, 3.05) is 12.4 Å². The number of nitrogens with one attached hydrogen (secondary N) is 1. The second kappa shape index (κ2) is 8.61. The molecule has 4 rings (SSSR count). The monoisotopic (exact) mass is 437 g/mol. The van der Waals surface area contributed by atoms with E-state index in [9.17, 15) is 9.90 Å². The first-order chi connectivity index (χ1) is 14.9. The Kier molecular flexibility index (Phi) is 5.90. The molecule has 0 radical (unpaired) electrons. The van der Waals surface area contributed by atoms with E-state index in [1.807, 2.05) is 12.1 Å². The van der Waals surface area contributed by atoms with Gasteiger partial charge in [-0.2, -0.15) is 0 Å². The maximum Gasteiger partial charge on any atom is 0.210 e. The highest BCUT2D eigenvalue weighted by Gasteiger charge is 2.37. The number of ether oxygens (including phenoxy) is 2. The fourth-order valence-corrected chi connectivity index (χ4v) is 3.91. The molecule has 31 heavy (non-hydrogen) atoms. The number of hydrogen-bond donors (Lipinski definition) is 2. The molecule has 0 saturated carbocycles. The van der Waals surface area contributed by atoms with Gasteiger partial charge in [-0.05, 0) is 41.3 Å². The zero-order valence-corrected chi connectivity index (χ0v) is 18.3. The van der Waals surface area contributed by atoms with E-state index < -0.39 is 12.3 Å². The largest absolute Gasteiger partial charge is 0.497 e. The highest BCUT2D eigenvalue weighted by atomic mass is 35.5. The fraction of sp³-hybridized carbons (Fsp3) is 0.240. The van der Waals surface area contributed by atoms with Crippen LogP contribution in [0.15, 0.2) is 60.7 Å². The molecule has 6 heteroatoms. The minimum atomic E-state index is -1.21. The van der Waals surface area contributed by atoms with Crippen LogP contribution in [0, 0.1) is 0 Å². The molecule has 0 amide bonds. The van der Waals surface area contributed by atoms with E-state index in [0.717, 1.165) is 11.1 Å². The van der Waals surface area contributed by atoms with Crippen molar-refractivity contribution in [2.45, 2.75) is 32.1 Å². The molecule has 5 nitrogen and oxygen atoms in total. The SMILES string of the molecule is COc1cccc(OC2C(=O)c3cc(-c4ccc(C(C)C)cc4)c(Cl)cc3NC2O)c1. The summed E-state index contributed by atoms with van der Waals surface area (Å²) in [6.07, 6.45) is -2.31. The molecule has 0 aliphatic carbocycles. The van der Waals surface area contributed by atoms with E-state index in [0.29, 0.717) is 33.7 Å². The maximum atomic E-state index is 13.2. The standard InChI is InChI=1S/C25H24ClNO4/c1-14(2)15-7-9-16(10-8-15)19-12-20-22(13-21(19)26)27-25(29)24(23(20)28)31-18-6-4-5-17(11-18)30-3/h4-14,24-25,27,29H,1-3H3. The van der Waals surface area contributed by atoms with Crippen LogP contribution in [-0.2, 0) is 0 Å². The summed E-state index contributed by atoms with van der Waals surface area (Å²) in [5.41, 5.74) is 3.80. The molecule has 0 saturated heterocycles. The third-order valence-corrected chi connectivity index (χ3v) is 5.73. The minimum Gasteiger partial charge on any atom is -0.497 e. The zero-order chi connectivity index (χ0) is 22.1. The molecule has 1 aliphatic heterocycles. The molecule has 3 aromatic rings. The van der Waals surface area contributed by atoms with Gasteiger partial charge in [-0.25, -0.2) is 0 Å². The van der Waals surface area contributed by atoms with Gasteiger partial charge in [0.2, 0.25) is 11.9 Å². The molecule has 0 bridgehead atoms. The Hall–Kier alpha value is -3.02. The summed E-state index contributed by atoms with van der Waals surface area (Å²) in [6, 6.07) is 18.5. The summed E-state index contributed by atoms with van der Waals surface area (Å²) in [4.78, 5) is 13.2. The molecular formula is C25H24ClNO4. The van der Waals surface area contributed by atoms with E-state index in [1.54, 1.807) is 43.5 Å². The summed E-state index contributed by atoms with van der Waals surface area (Å²) >= 11 is 6.51. The van der Waals surface area contributed by atoms with Gasteiger partial charge in [0.05, 0.1) is 12.1 Å². The lowest BCUT2D eigenvalue weighted by Crippen LogP contribution is -2.47. The van der Waals surface area contributed by atoms with Crippen LogP contribution in [0.1, 0.15) is 35.7 Å². The third-order valence-electron chi connectivity index (χ3n) is 5.41. The lowest BCUT2D eigenvalue weighted by Gasteiger charge is -2.31. The predicted molar refractivity (Wildman–Crippen MR) is 122 cm³/mol. The summed E-state index contributed by atoms with van der Waals surface area (Å²) < 4.78 is 11.0. The van der Waals surface area contributed by atoms with Crippen molar-refractivity contribution in [2.24, 2.45) is 0 Å². The van der Waals surface area contributed by atoms with Gasteiger partial charge in [0, 0.05) is 22.9 Å². The normalized spacial score (nSPS) is 17.8. The average Bonchev–Trinajstić information content (AvgIpc) is 2.76. The number of carbonyl (C=O) groups excluding carboxylic acids is 1. The van der Waals surface area contributed by atoms with Crippen LogP contribution in [0.2, 0.25) is 5.02 Å². The molecule has 2 atom stereocenters. The Labute approximate surface area is 186 Å². The molecule has 2 unspecified atom stereocenters. The van der Waals surface area contributed by atoms with Crippen molar-refractivity contribution in [3.63, 3.8) is 0 Å². The zero-order valence-electron chi connectivity index (χ0n) is 17.6. The Morgan fingerprint density at radius 3 is 2.39 bits per heavy atom. The Morgan fingerprint density at radius 2 is 1.71 bits per heavy atom. The summed E-state index contributed by atoms with van der Waals surface area (Å²) in [6.45, 7) is 4.28. The maximum absolute atomic E-state index is 13.2. The van der Waals surface area contributed by atoms with Crippen molar-refractivity contribution < 1.29 is 19.4 Å². The molecular weight excluding hydrogens is 414 g/mol. The van der Waals surface area contributed by atoms with Crippen LogP contribution in [0.3, 0.4) is 0 Å². The van der Waals surface area contributed by atoms with Gasteiger partial charge >= 0.3 is 0 Å². The lowest BCUT2D eigenvalue weighted by atomic mass is 9.93. The minimum absolute atomic E-state index is 0.319. The van der Waals surface area contributed by atoms with Gasteiger partial charge < -0.3 is 19.9 Å². The number of aliphatic hydroxyl groups is 1. The number of methoxy groups -OCH3 is 1. The summed E-state index contributed by atoms with van der Waals surface area (Å²) in [7, 11) is 1.55. The number of carbonyl (C=O) groups is 1. The van der Waals surface area contributed by atoms with Crippen molar-refractivity contribution >= 4 is 23.1 Å². The highest BCUT2D eigenvalue weighted by Crippen LogP contribution is 2.37. The number of rotatable bonds is 5. The van der Waals surface area contributed by atoms with Crippen LogP contribution in [-0.4, -0.2) is 30.3 Å². The Bertz CT molecular complexity index is 1110. The Balaban J connectivity index is 1.67. The number of benzene rings is 3. The topological polar surface area (TPSA) is 67.8 Å². The van der Waals surface area contributed by atoms with E-state index in [1.165, 1.54) is 5.56 Å². The van der Waals surface area contributed by atoms with Crippen molar-refractivity contribution in [1.82, 2.24) is 0 Å². The first-order valence-electron chi connectivity index (χ1n) is 10.1. The second-order valence-electron chi connectivity index (χ2n) is 7.83. The number of aliphatic hydroxyl groups excluding tert-OH is 1. The molecule has 0 spiro atoms. The molecule has 3 aromatic carbocycles. The van der Waals surface area contributed by atoms with E-state index in [4.69, 9.17) is 21.1 Å². The van der Waals surface area contributed by atoms with Crippen LogP contribution in [0.4, 0.5) is 5.69 Å². The number of halogens is 1. The van der Waals surface area contributed by atoms with E-state index >= 15 is 0 Å². The van der Waals surface area contributed by atoms with Crippen LogP contribution < -0.4 is 14.8 Å². The van der Waals surface area contributed by atoms with Crippen molar-refractivity contribution in [1.29, 1.82) is 0 Å². The van der Waals surface area contributed by atoms with Gasteiger partial charge in [-0.3, -0.25) is 4.79 Å². The van der Waals surface area contributed by atoms with Crippen LogP contribution >= 0.6 is 11.6 Å². The predicted octanol–water partition coefficient (Wildman–Crippen LogP) is 5.51. The average molecular weight is 438 g/mol. The molecule has 160 valence electrons.